The van der Waals surface area contributed by atoms with E-state index in [1.807, 2.05) is 6.07 Å². The summed E-state index contributed by atoms with van der Waals surface area (Å²) >= 11 is 5.83. The zero-order valence-corrected chi connectivity index (χ0v) is 13.4. The molecule has 2 aromatic rings. The number of anilines is 1. The van der Waals surface area contributed by atoms with Crippen LogP contribution >= 0.6 is 11.6 Å². The Kier molecular flexibility index (Phi) is 5.48. The fourth-order valence-electron chi connectivity index (χ4n) is 2.19. The topological polar surface area (TPSA) is 52.0 Å². The van der Waals surface area contributed by atoms with E-state index < -0.39 is 17.7 Å². The molecule has 0 aliphatic heterocycles. The molecule has 2 rings (SSSR count). The second kappa shape index (κ2) is 7.36. The van der Waals surface area contributed by atoms with E-state index in [9.17, 15) is 8.78 Å². The van der Waals surface area contributed by atoms with Crippen LogP contribution in [0.1, 0.15) is 17.3 Å². The van der Waals surface area contributed by atoms with Gasteiger partial charge in [0.05, 0.1) is 11.1 Å². The Balaban J connectivity index is 2.23. The highest BCUT2D eigenvalue weighted by Gasteiger charge is 2.22. The summed E-state index contributed by atoms with van der Waals surface area (Å²) in [6.07, 6.45) is 0. The van der Waals surface area contributed by atoms with E-state index in [2.05, 4.69) is 10.3 Å². The molecule has 0 bridgehead atoms. The lowest BCUT2D eigenvalue weighted by Gasteiger charge is -2.26. The van der Waals surface area contributed by atoms with Crippen molar-refractivity contribution in [1.29, 1.82) is 5.26 Å². The molecule has 0 saturated carbocycles. The van der Waals surface area contributed by atoms with Crippen molar-refractivity contribution in [3.8, 4) is 6.07 Å². The minimum Gasteiger partial charge on any atom is -0.368 e. The van der Waals surface area contributed by atoms with Gasteiger partial charge in [-0.1, -0.05) is 17.7 Å². The first-order chi connectivity index (χ1) is 10.9. The van der Waals surface area contributed by atoms with Crippen molar-refractivity contribution in [3.05, 3.63) is 58.2 Å². The Morgan fingerprint density at radius 2 is 1.91 bits per heavy atom. The van der Waals surface area contributed by atoms with Crippen LogP contribution in [0, 0.1) is 23.0 Å². The number of nitrogens with one attached hydrogen (secondary N) is 1. The quantitative estimate of drug-likeness (QED) is 0.906. The molecule has 0 aliphatic carbocycles. The highest BCUT2D eigenvalue weighted by molar-refractivity contribution is 6.31. The van der Waals surface area contributed by atoms with Gasteiger partial charge in [-0.05, 0) is 38.4 Å². The average Bonchev–Trinajstić information content (AvgIpc) is 2.51. The fourth-order valence-corrected chi connectivity index (χ4v) is 2.34. The summed E-state index contributed by atoms with van der Waals surface area (Å²) in [5, 5.41) is 12.2. The van der Waals surface area contributed by atoms with Gasteiger partial charge in [0.15, 0.2) is 5.69 Å². The van der Waals surface area contributed by atoms with Crippen LogP contribution in [-0.2, 0) is 0 Å². The van der Waals surface area contributed by atoms with Gasteiger partial charge in [-0.2, -0.15) is 5.26 Å². The Labute approximate surface area is 138 Å². The van der Waals surface area contributed by atoms with Gasteiger partial charge in [0.1, 0.15) is 23.5 Å². The number of nitriles is 1. The fraction of sp³-hybridized carbons (Fsp3) is 0.250. The summed E-state index contributed by atoms with van der Waals surface area (Å²) < 4.78 is 28.0. The van der Waals surface area contributed by atoms with E-state index in [0.29, 0.717) is 5.82 Å². The van der Waals surface area contributed by atoms with Crippen molar-refractivity contribution in [2.75, 3.05) is 26.0 Å². The molecule has 0 spiro atoms. The Morgan fingerprint density at radius 1 is 1.26 bits per heavy atom. The third kappa shape index (κ3) is 3.95. The van der Waals surface area contributed by atoms with Crippen LogP contribution < -0.4 is 5.32 Å². The molecule has 1 heterocycles. The van der Waals surface area contributed by atoms with E-state index >= 15 is 0 Å². The standard InChI is InChI=1S/C16H15ClF2N4/c1-23(2)14(16-11(18)4-3-5-12(16)19)9-21-15-7-6-10(17)13(8-20)22-15/h3-7,14H,9H2,1-2H3,(H,21,22). The van der Waals surface area contributed by atoms with Crippen LogP contribution in [0.25, 0.3) is 0 Å². The molecule has 23 heavy (non-hydrogen) atoms. The second-order valence-corrected chi connectivity index (χ2v) is 5.54. The number of hydrogen-bond acceptors (Lipinski definition) is 4. The van der Waals surface area contributed by atoms with Gasteiger partial charge in [-0.3, -0.25) is 0 Å². The number of pyridine rings is 1. The van der Waals surface area contributed by atoms with Crippen LogP contribution in [0.15, 0.2) is 30.3 Å². The molecule has 1 unspecified atom stereocenters. The summed E-state index contributed by atoms with van der Waals surface area (Å²) in [5.74, 6) is -0.797. The highest BCUT2D eigenvalue weighted by atomic mass is 35.5. The smallest absolute Gasteiger partial charge is 0.161 e. The van der Waals surface area contributed by atoms with E-state index in [-0.39, 0.29) is 22.8 Å². The lowest BCUT2D eigenvalue weighted by molar-refractivity contribution is 0.295. The van der Waals surface area contributed by atoms with Gasteiger partial charge in [-0.25, -0.2) is 13.8 Å². The number of benzene rings is 1. The molecule has 1 aromatic heterocycles. The number of nitrogens with zero attached hydrogens (tertiary/aromatic N) is 3. The molecular weight excluding hydrogens is 322 g/mol. The second-order valence-electron chi connectivity index (χ2n) is 5.13. The summed E-state index contributed by atoms with van der Waals surface area (Å²) in [4.78, 5) is 5.75. The molecule has 0 aliphatic rings. The molecule has 0 amide bonds. The highest BCUT2D eigenvalue weighted by Crippen LogP contribution is 2.25. The number of hydrogen-bond donors (Lipinski definition) is 1. The first-order valence-corrected chi connectivity index (χ1v) is 7.22. The van der Waals surface area contributed by atoms with E-state index in [1.165, 1.54) is 18.2 Å². The minimum absolute atomic E-state index is 0.0144. The van der Waals surface area contributed by atoms with Crippen molar-refractivity contribution in [1.82, 2.24) is 9.88 Å². The Bertz CT molecular complexity index is 723. The van der Waals surface area contributed by atoms with Gasteiger partial charge in [0.25, 0.3) is 0 Å². The van der Waals surface area contributed by atoms with Gasteiger partial charge in [0, 0.05) is 12.1 Å². The Morgan fingerprint density at radius 3 is 2.48 bits per heavy atom. The average molecular weight is 337 g/mol. The summed E-state index contributed by atoms with van der Waals surface area (Å²) in [7, 11) is 3.46. The van der Waals surface area contributed by atoms with Crippen molar-refractivity contribution >= 4 is 17.4 Å². The van der Waals surface area contributed by atoms with Crippen LogP contribution in [0.2, 0.25) is 5.02 Å². The van der Waals surface area contributed by atoms with Crippen molar-refractivity contribution in [2.45, 2.75) is 6.04 Å². The van der Waals surface area contributed by atoms with Crippen LogP contribution in [0.3, 0.4) is 0 Å². The lowest BCUT2D eigenvalue weighted by atomic mass is 10.0. The molecule has 1 atom stereocenters. The maximum Gasteiger partial charge on any atom is 0.161 e. The van der Waals surface area contributed by atoms with Gasteiger partial charge >= 0.3 is 0 Å². The van der Waals surface area contributed by atoms with E-state index in [0.717, 1.165) is 0 Å². The predicted molar refractivity (Wildman–Crippen MR) is 85.2 cm³/mol. The van der Waals surface area contributed by atoms with Gasteiger partial charge in [0.2, 0.25) is 0 Å². The molecule has 4 nitrogen and oxygen atoms in total. The SMILES string of the molecule is CN(C)C(CNc1ccc(Cl)c(C#N)n1)c1c(F)cccc1F. The molecule has 0 fully saturated rings. The van der Waals surface area contributed by atoms with E-state index in [4.69, 9.17) is 16.9 Å². The summed E-state index contributed by atoms with van der Waals surface area (Å²) in [6.45, 7) is 0.213. The van der Waals surface area contributed by atoms with Crippen LogP contribution in [-0.4, -0.2) is 30.5 Å². The zero-order chi connectivity index (χ0) is 17.0. The van der Waals surface area contributed by atoms with E-state index in [1.54, 1.807) is 31.1 Å². The summed E-state index contributed by atoms with van der Waals surface area (Å²) in [5.41, 5.74) is 0.0783. The molecule has 120 valence electrons. The van der Waals surface area contributed by atoms with Crippen LogP contribution in [0.4, 0.5) is 14.6 Å². The summed E-state index contributed by atoms with van der Waals surface area (Å²) in [6, 6.07) is 8.27. The third-order valence-electron chi connectivity index (χ3n) is 3.38. The normalized spacial score (nSPS) is 12.0. The number of aromatic nitrogens is 1. The molecular formula is C16H15ClF2N4. The van der Waals surface area contributed by atoms with Gasteiger partial charge in [-0.15, -0.1) is 0 Å². The predicted octanol–water partition coefficient (Wildman–Crippen LogP) is 3.60. The third-order valence-corrected chi connectivity index (χ3v) is 3.69. The monoisotopic (exact) mass is 336 g/mol. The van der Waals surface area contributed by atoms with Crippen molar-refractivity contribution < 1.29 is 8.78 Å². The number of likely N-dealkylation sites (N-methyl/N-ethyl adjacent to an activating group) is 1. The molecule has 7 heteroatoms. The first-order valence-electron chi connectivity index (χ1n) is 6.85. The van der Waals surface area contributed by atoms with Crippen molar-refractivity contribution in [3.63, 3.8) is 0 Å². The largest absolute Gasteiger partial charge is 0.368 e. The van der Waals surface area contributed by atoms with Gasteiger partial charge < -0.3 is 10.2 Å². The first kappa shape index (κ1) is 17.1. The molecule has 0 saturated heterocycles. The molecule has 0 radical (unpaired) electrons. The molecule has 1 aromatic carbocycles. The number of halogens is 3. The molecule has 1 N–H and O–H groups in total. The minimum atomic E-state index is -0.604. The number of rotatable bonds is 5. The maximum atomic E-state index is 14.0. The lowest BCUT2D eigenvalue weighted by Crippen LogP contribution is -2.28. The maximum absolute atomic E-state index is 14.0. The Hall–Kier alpha value is -2.23. The van der Waals surface area contributed by atoms with Crippen LogP contribution in [0.5, 0.6) is 0 Å². The van der Waals surface area contributed by atoms with Crippen molar-refractivity contribution in [2.24, 2.45) is 0 Å². The zero-order valence-electron chi connectivity index (χ0n) is 12.6.